The van der Waals surface area contributed by atoms with E-state index >= 15 is 0 Å². The highest BCUT2D eigenvalue weighted by Gasteiger charge is 2.12. The molecular weight excluding hydrogens is 248 g/mol. The maximum absolute atomic E-state index is 9.05. The number of furan rings is 1. The van der Waals surface area contributed by atoms with E-state index in [1.54, 1.807) is 12.3 Å². The van der Waals surface area contributed by atoms with E-state index < -0.39 is 0 Å². The van der Waals surface area contributed by atoms with Gasteiger partial charge >= 0.3 is 0 Å². The first-order valence-corrected chi connectivity index (χ1v) is 5.80. The molecule has 1 aromatic heterocycles. The fourth-order valence-corrected chi connectivity index (χ4v) is 1.72. The molecule has 0 spiro atoms. The minimum Gasteiger partial charge on any atom is -0.442 e. The van der Waals surface area contributed by atoms with Crippen molar-refractivity contribution in [2.24, 2.45) is 4.99 Å². The second kappa shape index (κ2) is 5.07. The molecule has 3 nitrogen and oxygen atoms in total. The van der Waals surface area contributed by atoms with E-state index in [1.807, 2.05) is 32.0 Å². The summed E-state index contributed by atoms with van der Waals surface area (Å²) in [7, 11) is 0. The predicted octanol–water partition coefficient (Wildman–Crippen LogP) is 4.17. The average molecular weight is 259 g/mol. The molecule has 1 aromatic carbocycles. The van der Waals surface area contributed by atoms with Crippen LogP contribution in [0.4, 0.5) is 5.88 Å². The second-order valence-corrected chi connectivity index (χ2v) is 4.26. The molecule has 18 heavy (non-hydrogen) atoms. The SMILES string of the molecule is Cc1oc(N=Cc2ccccc2Cl)c(C#N)c1C. The lowest BCUT2D eigenvalue weighted by Crippen LogP contribution is -1.81. The van der Waals surface area contributed by atoms with Gasteiger partial charge in [0.1, 0.15) is 17.4 Å². The topological polar surface area (TPSA) is 49.3 Å². The molecule has 0 saturated heterocycles. The van der Waals surface area contributed by atoms with Crippen LogP contribution in [-0.4, -0.2) is 6.21 Å². The molecule has 0 amide bonds. The number of nitriles is 1. The highest BCUT2D eigenvalue weighted by molar-refractivity contribution is 6.33. The predicted molar refractivity (Wildman–Crippen MR) is 71.6 cm³/mol. The normalized spacial score (nSPS) is 10.8. The standard InChI is InChI=1S/C14H11ClN2O/c1-9-10(2)18-14(12(9)7-16)17-8-11-5-3-4-6-13(11)15/h3-6,8H,1-2H3. The lowest BCUT2D eigenvalue weighted by Gasteiger charge is -1.95. The van der Waals surface area contributed by atoms with Gasteiger partial charge < -0.3 is 4.42 Å². The smallest absolute Gasteiger partial charge is 0.237 e. The van der Waals surface area contributed by atoms with Gasteiger partial charge in [0.05, 0.1) is 0 Å². The fourth-order valence-electron chi connectivity index (χ4n) is 1.54. The van der Waals surface area contributed by atoms with Crippen LogP contribution in [0.5, 0.6) is 0 Å². The van der Waals surface area contributed by atoms with Gasteiger partial charge in [0.2, 0.25) is 5.88 Å². The molecule has 0 aliphatic heterocycles. The Morgan fingerprint density at radius 1 is 1.33 bits per heavy atom. The molecule has 4 heteroatoms. The van der Waals surface area contributed by atoms with Gasteiger partial charge in [-0.15, -0.1) is 0 Å². The van der Waals surface area contributed by atoms with Crippen LogP contribution < -0.4 is 0 Å². The minimum atomic E-state index is 0.326. The van der Waals surface area contributed by atoms with Gasteiger partial charge in [-0.25, -0.2) is 4.99 Å². The van der Waals surface area contributed by atoms with Crippen molar-refractivity contribution in [1.82, 2.24) is 0 Å². The van der Waals surface area contributed by atoms with E-state index in [4.69, 9.17) is 21.3 Å². The largest absolute Gasteiger partial charge is 0.442 e. The maximum atomic E-state index is 9.05. The number of nitrogens with zero attached hydrogens (tertiary/aromatic N) is 2. The molecule has 0 N–H and O–H groups in total. The number of hydrogen-bond donors (Lipinski definition) is 0. The monoisotopic (exact) mass is 258 g/mol. The first-order chi connectivity index (χ1) is 8.63. The molecule has 0 radical (unpaired) electrons. The summed E-state index contributed by atoms with van der Waals surface area (Å²) in [6.45, 7) is 3.65. The molecule has 2 rings (SSSR count). The Labute approximate surface area is 110 Å². The molecule has 0 aliphatic carbocycles. The van der Waals surface area contributed by atoms with Gasteiger partial charge in [-0.05, 0) is 19.9 Å². The number of halogens is 1. The number of benzene rings is 1. The van der Waals surface area contributed by atoms with Gasteiger partial charge in [-0.1, -0.05) is 29.8 Å². The molecule has 0 saturated carbocycles. The Hall–Kier alpha value is -2.05. The van der Waals surface area contributed by atoms with Gasteiger partial charge in [0.25, 0.3) is 0 Å². The van der Waals surface area contributed by atoms with E-state index in [9.17, 15) is 0 Å². The van der Waals surface area contributed by atoms with Crippen LogP contribution in [0.25, 0.3) is 0 Å². The van der Waals surface area contributed by atoms with Crippen LogP contribution in [-0.2, 0) is 0 Å². The van der Waals surface area contributed by atoms with Crippen molar-refractivity contribution in [3.8, 4) is 6.07 Å². The van der Waals surface area contributed by atoms with Crippen LogP contribution in [0.3, 0.4) is 0 Å². The molecule has 90 valence electrons. The van der Waals surface area contributed by atoms with Crippen LogP contribution in [0, 0.1) is 25.2 Å². The van der Waals surface area contributed by atoms with Crippen molar-refractivity contribution in [2.75, 3.05) is 0 Å². The van der Waals surface area contributed by atoms with Crippen LogP contribution >= 0.6 is 11.6 Å². The first-order valence-electron chi connectivity index (χ1n) is 5.42. The second-order valence-electron chi connectivity index (χ2n) is 3.85. The quantitative estimate of drug-likeness (QED) is 0.759. The molecule has 0 unspecified atom stereocenters. The summed E-state index contributed by atoms with van der Waals surface area (Å²) in [5, 5.41) is 9.67. The highest BCUT2D eigenvalue weighted by atomic mass is 35.5. The van der Waals surface area contributed by atoms with E-state index in [0.717, 1.165) is 11.1 Å². The van der Waals surface area contributed by atoms with Crippen LogP contribution in [0.15, 0.2) is 33.7 Å². The molecule has 0 aliphatic rings. The Morgan fingerprint density at radius 2 is 2.06 bits per heavy atom. The molecule has 0 atom stereocenters. The van der Waals surface area contributed by atoms with E-state index in [2.05, 4.69) is 11.1 Å². The summed E-state index contributed by atoms with van der Waals surface area (Å²) >= 11 is 6.01. The molecule has 1 heterocycles. The summed E-state index contributed by atoms with van der Waals surface area (Å²) in [6.07, 6.45) is 1.60. The summed E-state index contributed by atoms with van der Waals surface area (Å²) in [5.41, 5.74) is 2.08. The van der Waals surface area contributed by atoms with Crippen LogP contribution in [0.2, 0.25) is 5.02 Å². The van der Waals surface area contributed by atoms with Crippen molar-refractivity contribution in [1.29, 1.82) is 5.26 Å². The zero-order valence-electron chi connectivity index (χ0n) is 10.1. The number of hydrogen-bond acceptors (Lipinski definition) is 3. The van der Waals surface area contributed by atoms with E-state index in [1.165, 1.54) is 0 Å². The summed E-state index contributed by atoms with van der Waals surface area (Å²) in [6, 6.07) is 9.45. The van der Waals surface area contributed by atoms with Crippen molar-refractivity contribution in [2.45, 2.75) is 13.8 Å². The van der Waals surface area contributed by atoms with Crippen molar-refractivity contribution in [3.63, 3.8) is 0 Å². The molecule has 0 bridgehead atoms. The maximum Gasteiger partial charge on any atom is 0.237 e. The minimum absolute atomic E-state index is 0.326. The number of aliphatic imine (C=N–C) groups is 1. The zero-order chi connectivity index (χ0) is 13.1. The summed E-state index contributed by atoms with van der Waals surface area (Å²) in [5.74, 6) is 1.03. The van der Waals surface area contributed by atoms with Crippen LogP contribution in [0.1, 0.15) is 22.5 Å². The summed E-state index contributed by atoms with van der Waals surface area (Å²) in [4.78, 5) is 4.19. The average Bonchev–Trinajstić information content (AvgIpc) is 2.64. The Balaban J connectivity index is 2.39. The zero-order valence-corrected chi connectivity index (χ0v) is 10.8. The highest BCUT2D eigenvalue weighted by Crippen LogP contribution is 2.28. The van der Waals surface area contributed by atoms with Crippen molar-refractivity contribution < 1.29 is 4.42 Å². The Morgan fingerprint density at radius 3 is 2.72 bits per heavy atom. The summed E-state index contributed by atoms with van der Waals surface area (Å²) < 4.78 is 5.43. The van der Waals surface area contributed by atoms with Crippen molar-refractivity contribution in [3.05, 3.63) is 51.7 Å². The molecular formula is C14H11ClN2O. The third-order valence-corrected chi connectivity index (χ3v) is 3.05. The van der Waals surface area contributed by atoms with E-state index in [-0.39, 0.29) is 0 Å². The Bertz CT molecular complexity index is 650. The Kier molecular flexibility index (Phi) is 3.50. The third-order valence-electron chi connectivity index (χ3n) is 2.70. The van der Waals surface area contributed by atoms with Gasteiger partial charge in [-0.2, -0.15) is 5.26 Å². The fraction of sp³-hybridized carbons (Fsp3) is 0.143. The lowest BCUT2D eigenvalue weighted by atomic mass is 10.2. The van der Waals surface area contributed by atoms with Gasteiger partial charge in [0, 0.05) is 22.4 Å². The molecule has 2 aromatic rings. The van der Waals surface area contributed by atoms with Crippen molar-refractivity contribution >= 4 is 23.7 Å². The number of aryl methyl sites for hydroxylation is 1. The molecule has 0 fully saturated rings. The van der Waals surface area contributed by atoms with Gasteiger partial charge in [-0.3, -0.25) is 0 Å². The number of rotatable bonds is 2. The lowest BCUT2D eigenvalue weighted by molar-refractivity contribution is 0.542. The first kappa shape index (κ1) is 12.4. The third kappa shape index (κ3) is 2.29. The van der Waals surface area contributed by atoms with E-state index in [0.29, 0.717) is 22.2 Å². The van der Waals surface area contributed by atoms with Gasteiger partial charge in [0.15, 0.2) is 0 Å².